The van der Waals surface area contributed by atoms with Gasteiger partial charge in [-0.25, -0.2) is 0 Å². The van der Waals surface area contributed by atoms with Crippen LogP contribution in [0.2, 0.25) is 0 Å². The number of benzene rings is 3. The number of aromatic hydroxyl groups is 1. The fourth-order valence-electron chi connectivity index (χ4n) is 3.79. The number of nitrogens with zero attached hydrogens (tertiary/aromatic N) is 1. The number of hydrogen-bond acceptors (Lipinski definition) is 3. The van der Waals surface area contributed by atoms with Crippen molar-refractivity contribution in [2.24, 2.45) is 0 Å². The van der Waals surface area contributed by atoms with Gasteiger partial charge in [0.25, 0.3) is 0 Å². The molecule has 3 aromatic carbocycles. The minimum absolute atomic E-state index is 0.0539. The lowest BCUT2D eigenvalue weighted by Gasteiger charge is -2.16. The summed E-state index contributed by atoms with van der Waals surface area (Å²) >= 11 is 0. The van der Waals surface area contributed by atoms with Gasteiger partial charge in [-0.05, 0) is 35.7 Å². The number of carbonyl (C=O) groups is 1. The van der Waals surface area contributed by atoms with Crippen LogP contribution in [0.5, 0.6) is 5.75 Å². The van der Waals surface area contributed by atoms with Crippen molar-refractivity contribution in [3.8, 4) is 16.9 Å². The fourth-order valence-corrected chi connectivity index (χ4v) is 3.79. The summed E-state index contributed by atoms with van der Waals surface area (Å²) in [5.41, 5.74) is 1.11. The first-order valence-electron chi connectivity index (χ1n) is 9.72. The number of halogens is 3. The maximum absolute atomic E-state index is 13.6. The highest BCUT2D eigenvalue weighted by molar-refractivity contribution is 6.17. The van der Waals surface area contributed by atoms with E-state index in [9.17, 15) is 23.1 Å². The van der Waals surface area contributed by atoms with Gasteiger partial charge < -0.3 is 5.11 Å². The van der Waals surface area contributed by atoms with Gasteiger partial charge in [0.1, 0.15) is 5.75 Å². The number of pyridine rings is 1. The normalized spacial score (nSPS) is 11.6. The van der Waals surface area contributed by atoms with Crippen LogP contribution in [0, 0.1) is 0 Å². The van der Waals surface area contributed by atoms with Crippen LogP contribution in [0.15, 0.2) is 72.9 Å². The summed E-state index contributed by atoms with van der Waals surface area (Å²) in [7, 11) is 0. The molecule has 31 heavy (non-hydrogen) atoms. The number of ketones is 1. The zero-order valence-electron chi connectivity index (χ0n) is 16.6. The smallest absolute Gasteiger partial charge is 0.418 e. The van der Waals surface area contributed by atoms with Crippen molar-refractivity contribution >= 4 is 16.7 Å². The van der Waals surface area contributed by atoms with Crippen LogP contribution in [0.3, 0.4) is 0 Å². The van der Waals surface area contributed by atoms with E-state index in [0.717, 1.165) is 11.6 Å². The fraction of sp³-hybridized carbons (Fsp3) is 0.120. The summed E-state index contributed by atoms with van der Waals surface area (Å²) in [5.74, 6) is -0.385. The quantitative estimate of drug-likeness (QED) is 0.387. The molecular weight excluding hydrogens is 403 g/mol. The van der Waals surface area contributed by atoms with E-state index in [2.05, 4.69) is 4.98 Å². The van der Waals surface area contributed by atoms with Gasteiger partial charge in [0.05, 0.1) is 11.1 Å². The second-order valence-corrected chi connectivity index (χ2v) is 7.14. The van der Waals surface area contributed by atoms with E-state index < -0.39 is 11.7 Å². The standard InChI is InChI=1S/C25H18F3NO2/c1-2-15-7-3-4-10-18(15)24(31)20-14-29-23-19(11-6-12-21(23)25(26,27)28)22(20)16-8-5-9-17(30)13-16/h3-14,30H,2H2,1H3. The third kappa shape index (κ3) is 3.77. The van der Waals surface area contributed by atoms with Gasteiger partial charge in [0, 0.05) is 28.3 Å². The van der Waals surface area contributed by atoms with Crippen LogP contribution in [0.25, 0.3) is 22.0 Å². The van der Waals surface area contributed by atoms with Crippen molar-refractivity contribution in [2.45, 2.75) is 19.5 Å². The molecule has 6 heteroatoms. The predicted molar refractivity (Wildman–Crippen MR) is 113 cm³/mol. The number of aromatic nitrogens is 1. The molecule has 3 nitrogen and oxygen atoms in total. The number of carbonyl (C=O) groups excluding carboxylic acids is 1. The molecule has 0 saturated carbocycles. The van der Waals surface area contributed by atoms with Crippen molar-refractivity contribution in [2.75, 3.05) is 0 Å². The lowest BCUT2D eigenvalue weighted by molar-refractivity contribution is -0.136. The third-order valence-electron chi connectivity index (χ3n) is 5.23. The van der Waals surface area contributed by atoms with E-state index in [0.29, 0.717) is 23.1 Å². The van der Waals surface area contributed by atoms with Crippen LogP contribution < -0.4 is 0 Å². The average molecular weight is 421 g/mol. The molecule has 0 unspecified atom stereocenters. The minimum Gasteiger partial charge on any atom is -0.508 e. The van der Waals surface area contributed by atoms with Crippen molar-refractivity contribution in [3.05, 3.63) is 95.2 Å². The largest absolute Gasteiger partial charge is 0.508 e. The van der Waals surface area contributed by atoms with Crippen LogP contribution in [-0.4, -0.2) is 15.9 Å². The Morgan fingerprint density at radius 2 is 1.71 bits per heavy atom. The molecule has 4 rings (SSSR count). The van der Waals surface area contributed by atoms with Crippen molar-refractivity contribution in [1.29, 1.82) is 0 Å². The molecule has 0 amide bonds. The number of para-hydroxylation sites is 1. The van der Waals surface area contributed by atoms with Gasteiger partial charge in [-0.2, -0.15) is 13.2 Å². The molecule has 1 heterocycles. The molecule has 1 N–H and O–H groups in total. The Kier molecular flexibility index (Phi) is 5.23. The zero-order chi connectivity index (χ0) is 22.2. The van der Waals surface area contributed by atoms with Gasteiger partial charge in [-0.15, -0.1) is 0 Å². The Bertz CT molecular complexity index is 1300. The molecule has 0 spiro atoms. The molecule has 0 atom stereocenters. The monoisotopic (exact) mass is 421 g/mol. The highest BCUT2D eigenvalue weighted by Gasteiger charge is 2.34. The summed E-state index contributed by atoms with van der Waals surface area (Å²) in [6.45, 7) is 1.93. The minimum atomic E-state index is -4.59. The third-order valence-corrected chi connectivity index (χ3v) is 5.23. The second-order valence-electron chi connectivity index (χ2n) is 7.14. The topological polar surface area (TPSA) is 50.2 Å². The zero-order valence-corrected chi connectivity index (χ0v) is 16.6. The van der Waals surface area contributed by atoms with Gasteiger partial charge in [-0.3, -0.25) is 9.78 Å². The number of phenols is 1. The summed E-state index contributed by atoms with van der Waals surface area (Å²) in [6.07, 6.45) is -2.77. The Labute approximate surface area is 176 Å². The van der Waals surface area contributed by atoms with Gasteiger partial charge in [0.15, 0.2) is 5.78 Å². The van der Waals surface area contributed by atoms with Crippen LogP contribution >= 0.6 is 0 Å². The first-order valence-corrected chi connectivity index (χ1v) is 9.72. The number of rotatable bonds is 4. The summed E-state index contributed by atoms with van der Waals surface area (Å²) in [4.78, 5) is 17.6. The molecule has 0 aliphatic carbocycles. The Morgan fingerprint density at radius 1 is 0.968 bits per heavy atom. The summed E-state index contributed by atoms with van der Waals surface area (Å²) < 4.78 is 40.8. The van der Waals surface area contributed by atoms with E-state index in [1.807, 2.05) is 19.1 Å². The van der Waals surface area contributed by atoms with Crippen molar-refractivity contribution in [3.63, 3.8) is 0 Å². The molecule has 156 valence electrons. The number of alkyl halides is 3. The van der Waals surface area contributed by atoms with E-state index >= 15 is 0 Å². The molecular formula is C25H18F3NO2. The number of phenolic OH excluding ortho intramolecular Hbond substituents is 1. The van der Waals surface area contributed by atoms with Crippen LogP contribution in [-0.2, 0) is 12.6 Å². The number of aryl methyl sites for hydroxylation is 1. The van der Waals surface area contributed by atoms with Gasteiger partial charge >= 0.3 is 6.18 Å². The van der Waals surface area contributed by atoms with E-state index in [1.54, 1.807) is 24.3 Å². The van der Waals surface area contributed by atoms with Crippen molar-refractivity contribution in [1.82, 2.24) is 4.98 Å². The molecule has 1 aromatic heterocycles. The molecule has 0 aliphatic rings. The SMILES string of the molecule is CCc1ccccc1C(=O)c1cnc2c(C(F)(F)F)cccc2c1-c1cccc(O)c1. The van der Waals surface area contributed by atoms with Crippen LogP contribution in [0.1, 0.15) is 34.0 Å². The van der Waals surface area contributed by atoms with E-state index in [4.69, 9.17) is 0 Å². The highest BCUT2D eigenvalue weighted by atomic mass is 19.4. The van der Waals surface area contributed by atoms with Gasteiger partial charge in [-0.1, -0.05) is 55.5 Å². The molecule has 0 bridgehead atoms. The lowest BCUT2D eigenvalue weighted by Crippen LogP contribution is -2.10. The Morgan fingerprint density at radius 3 is 2.42 bits per heavy atom. The summed E-state index contributed by atoms with van der Waals surface area (Å²) in [6, 6.07) is 17.0. The summed E-state index contributed by atoms with van der Waals surface area (Å²) in [5, 5.41) is 10.2. The average Bonchev–Trinajstić information content (AvgIpc) is 2.76. The Hall–Kier alpha value is -3.67. The molecule has 0 saturated heterocycles. The van der Waals surface area contributed by atoms with E-state index in [-0.39, 0.29) is 28.0 Å². The van der Waals surface area contributed by atoms with Gasteiger partial charge in [0.2, 0.25) is 0 Å². The van der Waals surface area contributed by atoms with Crippen LogP contribution in [0.4, 0.5) is 13.2 Å². The number of fused-ring (bicyclic) bond motifs is 1. The second kappa shape index (κ2) is 7.87. The van der Waals surface area contributed by atoms with Crippen molar-refractivity contribution < 1.29 is 23.1 Å². The molecule has 0 aliphatic heterocycles. The maximum atomic E-state index is 13.6. The first-order chi connectivity index (χ1) is 14.8. The molecule has 0 fully saturated rings. The molecule has 4 aromatic rings. The molecule has 0 radical (unpaired) electrons. The Balaban J connectivity index is 2.07. The number of hydrogen-bond donors (Lipinski definition) is 1. The first kappa shape index (κ1) is 20.6. The lowest BCUT2D eigenvalue weighted by atomic mass is 9.89. The highest BCUT2D eigenvalue weighted by Crippen LogP contribution is 2.39. The maximum Gasteiger partial charge on any atom is 0.418 e. The van der Waals surface area contributed by atoms with E-state index in [1.165, 1.54) is 30.5 Å². The predicted octanol–water partition coefficient (Wildman–Crippen LogP) is 6.42.